The van der Waals surface area contributed by atoms with Crippen LogP contribution in [0.1, 0.15) is 0 Å². The molecule has 0 aliphatic rings. The SMILES string of the molecule is c1ccc(N(c2ccc(-c3cccc4c3ccc3ccccc34)cc2)c2ccc(-c3cccc4c3ccc3ccccc34)cc2)c(-c2cccc3c2oc2cc4ccccc4cc23)c1. The smallest absolute Gasteiger partial charge is 0.143 e. The monoisotopic (exact) mass is 813 g/mol. The van der Waals surface area contributed by atoms with E-state index in [4.69, 9.17) is 4.42 Å². The van der Waals surface area contributed by atoms with Gasteiger partial charge in [0.2, 0.25) is 0 Å². The lowest BCUT2D eigenvalue weighted by atomic mass is 9.94. The third-order valence-electron chi connectivity index (χ3n) is 13.2. The summed E-state index contributed by atoms with van der Waals surface area (Å²) < 4.78 is 6.83. The van der Waals surface area contributed by atoms with Crippen LogP contribution >= 0.6 is 0 Å². The van der Waals surface area contributed by atoms with Crippen molar-refractivity contribution >= 4 is 92.9 Å². The van der Waals surface area contributed by atoms with Crippen molar-refractivity contribution in [3.63, 3.8) is 0 Å². The fourth-order valence-electron chi connectivity index (χ4n) is 10.2. The zero-order valence-electron chi connectivity index (χ0n) is 34.9. The summed E-state index contributed by atoms with van der Waals surface area (Å²) in [6, 6.07) is 86.0. The fourth-order valence-corrected chi connectivity index (χ4v) is 10.2. The molecule has 12 aromatic carbocycles. The van der Waals surface area contributed by atoms with E-state index in [9.17, 15) is 0 Å². The van der Waals surface area contributed by atoms with E-state index in [0.29, 0.717) is 0 Å². The van der Waals surface area contributed by atoms with Crippen molar-refractivity contribution in [3.8, 4) is 33.4 Å². The van der Waals surface area contributed by atoms with Gasteiger partial charge in [-0.3, -0.25) is 0 Å². The number of nitrogens with zero attached hydrogens (tertiary/aromatic N) is 1. The Bertz CT molecular complexity index is 3790. The van der Waals surface area contributed by atoms with Crippen LogP contribution in [0.2, 0.25) is 0 Å². The molecule has 0 spiro atoms. The molecular formula is C62H39NO. The van der Waals surface area contributed by atoms with Crippen LogP contribution in [0.3, 0.4) is 0 Å². The first kappa shape index (κ1) is 36.2. The van der Waals surface area contributed by atoms with Crippen LogP contribution in [0.25, 0.3) is 109 Å². The maximum atomic E-state index is 6.83. The standard InChI is InChI=1S/C62H39NO/c1-2-15-45-39-61-59(38-44(45)14-1)58-24-11-23-57(62(58)64-61)56-18-7-8-25-60(56)63(46-32-26-42(27-33-46)50-19-9-21-52-48-16-5-3-12-40(48)30-36-54(50)52)47-34-28-43(29-35-47)51-20-10-22-53-49-17-6-4-13-41(49)31-37-55(51)53/h1-39H. The third kappa shape index (κ3) is 5.81. The molecule has 13 aromatic rings. The second-order valence-corrected chi connectivity index (χ2v) is 16.8. The number of hydrogen-bond donors (Lipinski definition) is 0. The van der Waals surface area contributed by atoms with E-state index in [0.717, 1.165) is 50.1 Å². The van der Waals surface area contributed by atoms with E-state index < -0.39 is 0 Å². The van der Waals surface area contributed by atoms with Crippen molar-refractivity contribution in [1.82, 2.24) is 0 Å². The largest absolute Gasteiger partial charge is 0.455 e. The second-order valence-electron chi connectivity index (χ2n) is 16.8. The molecule has 64 heavy (non-hydrogen) atoms. The van der Waals surface area contributed by atoms with Crippen molar-refractivity contribution in [1.29, 1.82) is 0 Å². The van der Waals surface area contributed by atoms with Gasteiger partial charge in [-0.25, -0.2) is 0 Å². The predicted octanol–water partition coefficient (Wildman–Crippen LogP) is 17.8. The van der Waals surface area contributed by atoms with E-state index in [1.807, 2.05) is 0 Å². The summed E-state index contributed by atoms with van der Waals surface area (Å²) in [6.45, 7) is 0. The Hall–Kier alpha value is -8.46. The second kappa shape index (κ2) is 14.6. The van der Waals surface area contributed by atoms with E-state index in [1.165, 1.54) is 76.1 Å². The summed E-state index contributed by atoms with van der Waals surface area (Å²) >= 11 is 0. The Morgan fingerprint density at radius 1 is 0.266 bits per heavy atom. The van der Waals surface area contributed by atoms with Crippen LogP contribution in [0.5, 0.6) is 0 Å². The molecule has 0 N–H and O–H groups in total. The summed E-state index contributed by atoms with van der Waals surface area (Å²) in [5.74, 6) is 0. The molecule has 0 unspecified atom stereocenters. The van der Waals surface area contributed by atoms with E-state index in [1.54, 1.807) is 0 Å². The molecule has 2 nitrogen and oxygen atoms in total. The minimum Gasteiger partial charge on any atom is -0.455 e. The fraction of sp³-hybridized carbons (Fsp3) is 0. The van der Waals surface area contributed by atoms with E-state index in [-0.39, 0.29) is 0 Å². The van der Waals surface area contributed by atoms with Crippen molar-refractivity contribution in [3.05, 3.63) is 237 Å². The number of para-hydroxylation sites is 2. The summed E-state index contributed by atoms with van der Waals surface area (Å²) in [7, 11) is 0. The minimum atomic E-state index is 0.887. The first-order chi connectivity index (χ1) is 31.7. The van der Waals surface area contributed by atoms with Gasteiger partial charge in [-0.15, -0.1) is 0 Å². The van der Waals surface area contributed by atoms with Crippen molar-refractivity contribution in [2.45, 2.75) is 0 Å². The molecule has 0 saturated carbocycles. The highest BCUT2D eigenvalue weighted by Crippen LogP contribution is 2.46. The number of fused-ring (bicyclic) bond motifs is 10. The van der Waals surface area contributed by atoms with Crippen molar-refractivity contribution in [2.24, 2.45) is 0 Å². The highest BCUT2D eigenvalue weighted by atomic mass is 16.3. The minimum absolute atomic E-state index is 0.887. The number of hydrogen-bond acceptors (Lipinski definition) is 2. The maximum absolute atomic E-state index is 6.83. The summed E-state index contributed by atoms with van der Waals surface area (Å²) in [5.41, 5.74) is 11.9. The molecule has 2 heteroatoms. The summed E-state index contributed by atoms with van der Waals surface area (Å²) in [6.07, 6.45) is 0. The van der Waals surface area contributed by atoms with Gasteiger partial charge >= 0.3 is 0 Å². The van der Waals surface area contributed by atoms with Crippen LogP contribution in [0, 0.1) is 0 Å². The molecule has 1 aromatic heterocycles. The molecule has 0 saturated heterocycles. The normalized spacial score (nSPS) is 11.8. The van der Waals surface area contributed by atoms with Gasteiger partial charge < -0.3 is 9.32 Å². The van der Waals surface area contributed by atoms with E-state index >= 15 is 0 Å². The lowest BCUT2D eigenvalue weighted by Crippen LogP contribution is -2.11. The third-order valence-corrected chi connectivity index (χ3v) is 13.2. The van der Waals surface area contributed by atoms with Gasteiger partial charge in [-0.1, -0.05) is 194 Å². The van der Waals surface area contributed by atoms with Crippen LogP contribution in [-0.4, -0.2) is 0 Å². The van der Waals surface area contributed by atoms with Gasteiger partial charge in [0, 0.05) is 33.3 Å². The molecular weight excluding hydrogens is 775 g/mol. The zero-order valence-corrected chi connectivity index (χ0v) is 34.9. The van der Waals surface area contributed by atoms with Crippen molar-refractivity contribution in [2.75, 3.05) is 4.90 Å². The average molecular weight is 814 g/mol. The lowest BCUT2D eigenvalue weighted by Gasteiger charge is -2.28. The summed E-state index contributed by atoms with van der Waals surface area (Å²) in [4.78, 5) is 2.39. The quantitative estimate of drug-likeness (QED) is 0.156. The molecule has 0 atom stereocenters. The number of benzene rings is 12. The van der Waals surface area contributed by atoms with Crippen LogP contribution in [0.4, 0.5) is 17.1 Å². The molecule has 0 aliphatic carbocycles. The molecule has 13 rings (SSSR count). The van der Waals surface area contributed by atoms with E-state index in [2.05, 4.69) is 241 Å². The molecule has 0 aliphatic heterocycles. The van der Waals surface area contributed by atoms with Gasteiger partial charge in [0.25, 0.3) is 0 Å². The molecule has 298 valence electrons. The Kier molecular flexibility index (Phi) is 8.25. The summed E-state index contributed by atoms with van der Waals surface area (Å²) in [5, 5.41) is 14.7. The number of rotatable bonds is 6. The maximum Gasteiger partial charge on any atom is 0.143 e. The average Bonchev–Trinajstić information content (AvgIpc) is 3.73. The highest BCUT2D eigenvalue weighted by molar-refractivity contribution is 6.15. The Labute approximate surface area is 370 Å². The van der Waals surface area contributed by atoms with Gasteiger partial charge in [-0.05, 0) is 119 Å². The zero-order chi connectivity index (χ0) is 42.1. The Morgan fingerprint density at radius 2 is 0.719 bits per heavy atom. The number of furan rings is 1. The van der Waals surface area contributed by atoms with Gasteiger partial charge in [0.1, 0.15) is 11.2 Å². The van der Waals surface area contributed by atoms with Crippen molar-refractivity contribution < 1.29 is 4.42 Å². The molecule has 0 amide bonds. The molecule has 0 fully saturated rings. The molecule has 0 bridgehead atoms. The van der Waals surface area contributed by atoms with Crippen LogP contribution < -0.4 is 4.90 Å². The Balaban J connectivity index is 0.973. The van der Waals surface area contributed by atoms with Gasteiger partial charge in [0.05, 0.1) is 5.69 Å². The topological polar surface area (TPSA) is 16.4 Å². The molecule has 0 radical (unpaired) electrons. The highest BCUT2D eigenvalue weighted by Gasteiger charge is 2.21. The van der Waals surface area contributed by atoms with Crippen LogP contribution in [-0.2, 0) is 0 Å². The first-order valence-electron chi connectivity index (χ1n) is 22.0. The van der Waals surface area contributed by atoms with Gasteiger partial charge in [0.15, 0.2) is 0 Å². The van der Waals surface area contributed by atoms with Crippen LogP contribution in [0.15, 0.2) is 241 Å². The predicted molar refractivity (Wildman–Crippen MR) is 272 cm³/mol. The number of anilines is 3. The first-order valence-corrected chi connectivity index (χ1v) is 22.0. The van der Waals surface area contributed by atoms with Gasteiger partial charge in [-0.2, -0.15) is 0 Å². The lowest BCUT2D eigenvalue weighted by molar-refractivity contribution is 0.670. The Morgan fingerprint density at radius 3 is 1.31 bits per heavy atom. The molecule has 1 heterocycles.